The second-order valence-corrected chi connectivity index (χ2v) is 6.13. The molecule has 1 aromatic rings. The fraction of sp³-hybridized carbons (Fsp3) is 0.286. The number of nitrogens with zero attached hydrogens (tertiary/aromatic N) is 1. The van der Waals surface area contributed by atoms with Crippen LogP contribution in [0.3, 0.4) is 0 Å². The Balaban J connectivity index is 2.14. The first-order valence-electron chi connectivity index (χ1n) is 6.61. The molecule has 1 heterocycles. The summed E-state index contributed by atoms with van der Waals surface area (Å²) in [4.78, 5) is 47.0. The Hall–Kier alpha value is -2.39. The van der Waals surface area contributed by atoms with E-state index in [0.29, 0.717) is 0 Å². The van der Waals surface area contributed by atoms with Gasteiger partial charge in [0.1, 0.15) is 6.04 Å². The average Bonchev–Trinajstić information content (AvgIpc) is 2.79. The number of carbonyl (C=O) groups excluding carboxylic acids is 2. The van der Waals surface area contributed by atoms with Gasteiger partial charge in [-0.2, -0.15) is 0 Å². The zero-order valence-electron chi connectivity index (χ0n) is 11.8. The van der Waals surface area contributed by atoms with Gasteiger partial charge >= 0.3 is 11.9 Å². The number of aromatic carboxylic acids is 1. The molecule has 0 aliphatic carbocycles. The molecule has 2 atom stereocenters. The smallest absolute Gasteiger partial charge is 0.335 e. The maximum Gasteiger partial charge on any atom is 0.335 e. The fourth-order valence-corrected chi connectivity index (χ4v) is 3.17. The number of benzene rings is 1. The van der Waals surface area contributed by atoms with Crippen LogP contribution in [0.25, 0.3) is 0 Å². The van der Waals surface area contributed by atoms with Gasteiger partial charge in [0.15, 0.2) is 0 Å². The number of hydrogen-bond donors (Lipinski definition) is 3. The summed E-state index contributed by atoms with van der Waals surface area (Å²) in [5, 5.41) is 17.0. The van der Waals surface area contributed by atoms with Crippen molar-refractivity contribution in [3.8, 4) is 0 Å². The van der Waals surface area contributed by atoms with Crippen LogP contribution in [0, 0.1) is 0 Å². The number of nitrogens with two attached hydrogens (primary N) is 1. The molecule has 0 radical (unpaired) electrons. The summed E-state index contributed by atoms with van der Waals surface area (Å²) >= 11 is 1.01. The van der Waals surface area contributed by atoms with Crippen LogP contribution in [0.15, 0.2) is 24.3 Å². The van der Waals surface area contributed by atoms with E-state index in [-0.39, 0.29) is 23.4 Å². The first-order chi connectivity index (χ1) is 10.8. The standard InChI is InChI=1S/C14H14N2O6S/c15-9(14(21)22)6-23-10-5-11(17)16(12(10)18)8-3-1-2-7(4-8)13(19)20/h1-4,9-10H,5-6,15H2,(H,19,20)(H,21,22). The third kappa shape index (κ3) is 3.69. The van der Waals surface area contributed by atoms with Crippen molar-refractivity contribution in [3.05, 3.63) is 29.8 Å². The minimum Gasteiger partial charge on any atom is -0.480 e. The number of amides is 2. The van der Waals surface area contributed by atoms with Crippen LogP contribution in [-0.4, -0.2) is 51.0 Å². The molecule has 8 nitrogen and oxygen atoms in total. The van der Waals surface area contributed by atoms with Crippen LogP contribution in [0.1, 0.15) is 16.8 Å². The highest BCUT2D eigenvalue weighted by Gasteiger charge is 2.40. The van der Waals surface area contributed by atoms with Crippen molar-refractivity contribution < 1.29 is 29.4 Å². The molecule has 4 N–H and O–H groups in total. The molecule has 9 heteroatoms. The van der Waals surface area contributed by atoms with Crippen molar-refractivity contribution in [2.75, 3.05) is 10.7 Å². The fourth-order valence-electron chi connectivity index (χ4n) is 2.07. The van der Waals surface area contributed by atoms with E-state index in [9.17, 15) is 19.2 Å². The number of carboxylic acid groups (broad SMARTS) is 2. The molecule has 2 amide bonds. The Morgan fingerprint density at radius 3 is 2.65 bits per heavy atom. The van der Waals surface area contributed by atoms with E-state index in [2.05, 4.69) is 0 Å². The molecule has 122 valence electrons. The maximum absolute atomic E-state index is 12.3. The second kappa shape index (κ2) is 6.80. The lowest BCUT2D eigenvalue weighted by Crippen LogP contribution is -2.35. The maximum atomic E-state index is 12.3. The summed E-state index contributed by atoms with van der Waals surface area (Å²) in [7, 11) is 0. The van der Waals surface area contributed by atoms with E-state index in [4.69, 9.17) is 15.9 Å². The van der Waals surface area contributed by atoms with E-state index >= 15 is 0 Å². The number of carboxylic acids is 2. The largest absolute Gasteiger partial charge is 0.480 e. The number of thioether (sulfide) groups is 1. The van der Waals surface area contributed by atoms with Crippen molar-refractivity contribution >= 4 is 41.2 Å². The Morgan fingerprint density at radius 1 is 1.35 bits per heavy atom. The highest BCUT2D eigenvalue weighted by molar-refractivity contribution is 8.00. The molecule has 0 spiro atoms. The summed E-state index contributed by atoms with van der Waals surface area (Å²) in [6.07, 6.45) is -0.0763. The first-order valence-corrected chi connectivity index (χ1v) is 7.66. The van der Waals surface area contributed by atoms with Gasteiger partial charge in [-0.1, -0.05) is 6.07 Å². The summed E-state index contributed by atoms with van der Waals surface area (Å²) in [5.74, 6) is -3.30. The SMILES string of the molecule is NC(CSC1CC(=O)N(c2cccc(C(=O)O)c2)C1=O)C(=O)O. The molecule has 1 aromatic carbocycles. The Morgan fingerprint density at radius 2 is 2.04 bits per heavy atom. The lowest BCUT2D eigenvalue weighted by Gasteiger charge is -2.15. The molecule has 0 aromatic heterocycles. The average molecular weight is 338 g/mol. The summed E-state index contributed by atoms with van der Waals surface area (Å²) in [6.45, 7) is 0. The molecule has 0 saturated carbocycles. The first kappa shape index (κ1) is 17.0. The van der Waals surface area contributed by atoms with Gasteiger partial charge in [0.05, 0.1) is 16.5 Å². The predicted octanol–water partition coefficient (Wildman–Crippen LogP) is 0.162. The third-order valence-corrected chi connectivity index (χ3v) is 4.57. The Kier molecular flexibility index (Phi) is 5.02. The van der Waals surface area contributed by atoms with E-state index in [1.807, 2.05) is 0 Å². The Labute approximate surface area is 135 Å². The van der Waals surface area contributed by atoms with E-state index < -0.39 is 35.0 Å². The molecular weight excluding hydrogens is 324 g/mol. The van der Waals surface area contributed by atoms with Crippen molar-refractivity contribution in [2.24, 2.45) is 5.73 Å². The van der Waals surface area contributed by atoms with Gasteiger partial charge in [0.2, 0.25) is 11.8 Å². The van der Waals surface area contributed by atoms with Crippen LogP contribution < -0.4 is 10.6 Å². The lowest BCUT2D eigenvalue weighted by atomic mass is 10.2. The van der Waals surface area contributed by atoms with Gasteiger partial charge in [-0.15, -0.1) is 11.8 Å². The van der Waals surface area contributed by atoms with Crippen molar-refractivity contribution in [2.45, 2.75) is 17.7 Å². The molecule has 1 aliphatic rings. The summed E-state index contributed by atoms with van der Waals surface area (Å²) in [6, 6.07) is 4.40. The summed E-state index contributed by atoms with van der Waals surface area (Å²) < 4.78 is 0. The van der Waals surface area contributed by atoms with Gasteiger partial charge in [-0.3, -0.25) is 14.4 Å². The third-order valence-electron chi connectivity index (χ3n) is 3.25. The molecule has 1 fully saturated rings. The molecule has 2 unspecified atom stereocenters. The van der Waals surface area contributed by atoms with E-state index in [1.165, 1.54) is 24.3 Å². The van der Waals surface area contributed by atoms with Crippen molar-refractivity contribution in [1.29, 1.82) is 0 Å². The van der Waals surface area contributed by atoms with Crippen LogP contribution in [0.2, 0.25) is 0 Å². The molecular formula is C14H14N2O6S. The van der Waals surface area contributed by atoms with E-state index in [0.717, 1.165) is 16.7 Å². The minimum absolute atomic E-state index is 0.00201. The lowest BCUT2D eigenvalue weighted by molar-refractivity contribution is -0.138. The van der Waals surface area contributed by atoms with Crippen molar-refractivity contribution in [1.82, 2.24) is 0 Å². The van der Waals surface area contributed by atoms with Crippen LogP contribution in [0.4, 0.5) is 5.69 Å². The van der Waals surface area contributed by atoms with E-state index in [1.54, 1.807) is 0 Å². The minimum atomic E-state index is -1.18. The van der Waals surface area contributed by atoms with Crippen molar-refractivity contribution in [3.63, 3.8) is 0 Å². The number of aliphatic carboxylic acids is 1. The zero-order chi connectivity index (χ0) is 17.1. The van der Waals surface area contributed by atoms with Crippen LogP contribution in [0.5, 0.6) is 0 Å². The summed E-state index contributed by atoms with van der Waals surface area (Å²) in [5.41, 5.74) is 5.53. The number of hydrogen-bond acceptors (Lipinski definition) is 6. The number of carbonyl (C=O) groups is 4. The topological polar surface area (TPSA) is 138 Å². The molecule has 2 rings (SSSR count). The van der Waals surface area contributed by atoms with Gasteiger partial charge in [0, 0.05) is 12.2 Å². The number of imide groups is 1. The zero-order valence-corrected chi connectivity index (χ0v) is 12.7. The van der Waals surface area contributed by atoms with Crippen LogP contribution in [-0.2, 0) is 14.4 Å². The highest BCUT2D eigenvalue weighted by Crippen LogP contribution is 2.30. The van der Waals surface area contributed by atoms with Gasteiger partial charge in [0.25, 0.3) is 0 Å². The predicted molar refractivity (Wildman–Crippen MR) is 82.4 cm³/mol. The molecule has 1 aliphatic heterocycles. The molecule has 0 bridgehead atoms. The van der Waals surface area contributed by atoms with Gasteiger partial charge in [-0.05, 0) is 18.2 Å². The normalized spacial score (nSPS) is 19.0. The highest BCUT2D eigenvalue weighted by atomic mass is 32.2. The van der Waals surface area contributed by atoms with Gasteiger partial charge in [-0.25, -0.2) is 9.69 Å². The quantitative estimate of drug-likeness (QED) is 0.624. The van der Waals surface area contributed by atoms with Crippen LogP contribution >= 0.6 is 11.8 Å². The number of anilines is 1. The molecule has 1 saturated heterocycles. The number of rotatable bonds is 6. The Bertz CT molecular complexity index is 677. The monoisotopic (exact) mass is 338 g/mol. The second-order valence-electron chi connectivity index (χ2n) is 4.89. The molecule has 23 heavy (non-hydrogen) atoms. The van der Waals surface area contributed by atoms with Gasteiger partial charge < -0.3 is 15.9 Å².